The molecule has 0 spiro atoms. The van der Waals surface area contributed by atoms with Crippen LogP contribution < -0.4 is 15.4 Å². The third-order valence-electron chi connectivity index (χ3n) is 5.56. The number of pyridine rings is 1. The molecule has 1 amide bonds. The molecule has 2 aromatic rings. The van der Waals surface area contributed by atoms with Crippen LogP contribution in [-0.2, 0) is 0 Å². The van der Waals surface area contributed by atoms with Gasteiger partial charge in [0, 0.05) is 24.5 Å². The zero-order chi connectivity index (χ0) is 21.1. The number of nitrogens with one attached hydrogen (secondary N) is 2. The van der Waals surface area contributed by atoms with Crippen molar-refractivity contribution in [2.45, 2.75) is 50.8 Å². The van der Waals surface area contributed by atoms with E-state index in [4.69, 9.17) is 0 Å². The number of carbonyl (C=O) groups excluding carboxylic acids is 1. The monoisotopic (exact) mass is 419 g/mol. The Morgan fingerprint density at radius 1 is 1.13 bits per heavy atom. The Bertz CT molecular complexity index is 907. The molecule has 2 saturated carbocycles. The van der Waals surface area contributed by atoms with E-state index in [1.54, 1.807) is 12.3 Å². The molecular weight excluding hydrogens is 395 g/mol. The lowest BCUT2D eigenvalue weighted by molar-refractivity contribution is -0.274. The molecule has 2 N–H and O–H groups in total. The number of alkyl halides is 3. The van der Waals surface area contributed by atoms with E-state index in [0.29, 0.717) is 35.4 Å². The topological polar surface area (TPSA) is 63.2 Å². The Morgan fingerprint density at radius 2 is 1.90 bits per heavy atom. The minimum absolute atomic E-state index is 0.108. The fourth-order valence-corrected chi connectivity index (χ4v) is 3.93. The van der Waals surface area contributed by atoms with Gasteiger partial charge in [0.1, 0.15) is 11.6 Å². The number of benzene rings is 1. The summed E-state index contributed by atoms with van der Waals surface area (Å²) in [7, 11) is 0. The van der Waals surface area contributed by atoms with Gasteiger partial charge in [-0.15, -0.1) is 13.2 Å². The minimum Gasteiger partial charge on any atom is -0.406 e. The molecule has 1 aromatic heterocycles. The zero-order valence-corrected chi connectivity index (χ0v) is 16.5. The molecule has 4 rings (SSSR count). The van der Waals surface area contributed by atoms with Crippen molar-refractivity contribution >= 4 is 17.4 Å². The first-order chi connectivity index (χ1) is 14.4. The van der Waals surface area contributed by atoms with Crippen molar-refractivity contribution in [2.75, 3.05) is 11.9 Å². The van der Waals surface area contributed by atoms with Crippen LogP contribution in [0.1, 0.15) is 60.4 Å². The highest BCUT2D eigenvalue weighted by Crippen LogP contribution is 2.42. The number of ether oxygens (including phenoxy) is 1. The van der Waals surface area contributed by atoms with Crippen LogP contribution in [0.15, 0.2) is 36.5 Å². The third-order valence-corrected chi connectivity index (χ3v) is 5.56. The van der Waals surface area contributed by atoms with Gasteiger partial charge >= 0.3 is 6.36 Å². The van der Waals surface area contributed by atoms with Crippen LogP contribution in [0.5, 0.6) is 5.75 Å². The Hall–Kier alpha value is -2.77. The van der Waals surface area contributed by atoms with Gasteiger partial charge in [-0.3, -0.25) is 4.79 Å². The van der Waals surface area contributed by atoms with Crippen LogP contribution in [0.4, 0.5) is 24.7 Å². The van der Waals surface area contributed by atoms with Gasteiger partial charge in [0.15, 0.2) is 0 Å². The van der Waals surface area contributed by atoms with Crippen LogP contribution in [-0.4, -0.2) is 23.8 Å². The lowest BCUT2D eigenvalue weighted by atomic mass is 10.0. The maximum absolute atomic E-state index is 12.7. The summed E-state index contributed by atoms with van der Waals surface area (Å²) < 4.78 is 41.3. The van der Waals surface area contributed by atoms with Gasteiger partial charge in [0.25, 0.3) is 5.91 Å². The van der Waals surface area contributed by atoms with Crippen molar-refractivity contribution in [3.05, 3.63) is 47.7 Å². The fourth-order valence-electron chi connectivity index (χ4n) is 3.93. The molecule has 0 radical (unpaired) electrons. The maximum Gasteiger partial charge on any atom is 0.573 e. The normalized spacial score (nSPS) is 17.0. The molecule has 30 heavy (non-hydrogen) atoms. The Kier molecular flexibility index (Phi) is 5.83. The fraction of sp³-hybridized carbons (Fsp3) is 0.455. The highest BCUT2D eigenvalue weighted by atomic mass is 19.4. The predicted octanol–water partition coefficient (Wildman–Crippen LogP) is 5.52. The summed E-state index contributed by atoms with van der Waals surface area (Å²) in [6.45, 7) is 0.689. The Balaban J connectivity index is 1.47. The van der Waals surface area contributed by atoms with E-state index >= 15 is 0 Å². The number of hydrogen-bond donors (Lipinski definition) is 2. The summed E-state index contributed by atoms with van der Waals surface area (Å²) in [6.07, 6.45) is 3.61. The first-order valence-corrected chi connectivity index (χ1v) is 10.3. The summed E-state index contributed by atoms with van der Waals surface area (Å²) in [5.41, 5.74) is 1.93. The van der Waals surface area contributed by atoms with Gasteiger partial charge in [-0.05, 0) is 61.3 Å². The average Bonchev–Trinajstić information content (AvgIpc) is 3.40. The zero-order valence-electron chi connectivity index (χ0n) is 16.5. The molecule has 0 bridgehead atoms. The minimum atomic E-state index is -4.75. The Morgan fingerprint density at radius 3 is 2.60 bits per heavy atom. The van der Waals surface area contributed by atoms with E-state index < -0.39 is 6.36 Å². The number of nitrogens with zero attached hydrogens (tertiary/aromatic N) is 1. The standard InChI is InChI=1S/C22H24F3N3O2/c23-22(24,25)30-17-7-3-6-16(10-17)28-20-11-18(15-8-9-15)19(13-26-20)21(29)27-12-14-4-1-2-5-14/h3,6-7,10-11,13-15H,1-2,4-5,8-9,12H2,(H,26,28)(H,27,29). The molecule has 2 fully saturated rings. The van der Waals surface area contributed by atoms with Crippen molar-refractivity contribution < 1.29 is 22.7 Å². The summed E-state index contributed by atoms with van der Waals surface area (Å²) in [5, 5.41) is 6.05. The summed E-state index contributed by atoms with van der Waals surface area (Å²) >= 11 is 0. The second-order valence-electron chi connectivity index (χ2n) is 7.99. The number of amides is 1. The molecule has 0 atom stereocenters. The summed E-state index contributed by atoms with van der Waals surface area (Å²) in [4.78, 5) is 17.0. The summed E-state index contributed by atoms with van der Waals surface area (Å²) in [5.74, 6) is 0.939. The van der Waals surface area contributed by atoms with E-state index in [9.17, 15) is 18.0 Å². The van der Waals surface area contributed by atoms with Gasteiger partial charge < -0.3 is 15.4 Å². The van der Waals surface area contributed by atoms with E-state index in [2.05, 4.69) is 20.4 Å². The van der Waals surface area contributed by atoms with Crippen molar-refractivity contribution in [3.8, 4) is 5.75 Å². The van der Waals surface area contributed by atoms with Crippen LogP contribution in [0.2, 0.25) is 0 Å². The number of anilines is 2. The van der Waals surface area contributed by atoms with Gasteiger partial charge in [0.05, 0.1) is 5.56 Å². The molecular formula is C22H24F3N3O2. The number of aromatic nitrogens is 1. The molecule has 0 saturated heterocycles. The molecule has 0 unspecified atom stereocenters. The first-order valence-electron chi connectivity index (χ1n) is 10.3. The molecule has 160 valence electrons. The van der Waals surface area contributed by atoms with Crippen molar-refractivity contribution in [3.63, 3.8) is 0 Å². The quantitative estimate of drug-likeness (QED) is 0.620. The molecule has 5 nitrogen and oxygen atoms in total. The third kappa shape index (κ3) is 5.43. The second-order valence-corrected chi connectivity index (χ2v) is 7.99. The lowest BCUT2D eigenvalue weighted by Gasteiger charge is -2.15. The highest BCUT2D eigenvalue weighted by molar-refractivity contribution is 5.96. The lowest BCUT2D eigenvalue weighted by Crippen LogP contribution is -2.29. The van der Waals surface area contributed by atoms with Crippen molar-refractivity contribution in [2.24, 2.45) is 5.92 Å². The summed E-state index contributed by atoms with van der Waals surface area (Å²) in [6, 6.07) is 7.41. The molecule has 0 aliphatic heterocycles. The molecule has 2 aliphatic carbocycles. The van der Waals surface area contributed by atoms with Gasteiger partial charge in [-0.25, -0.2) is 4.98 Å². The van der Waals surface area contributed by atoms with Crippen molar-refractivity contribution in [1.29, 1.82) is 0 Å². The van der Waals surface area contributed by atoms with Crippen molar-refractivity contribution in [1.82, 2.24) is 10.3 Å². The smallest absolute Gasteiger partial charge is 0.406 e. The average molecular weight is 419 g/mol. The van der Waals surface area contributed by atoms with Crippen LogP contribution in [0.25, 0.3) is 0 Å². The molecule has 1 aromatic carbocycles. The van der Waals surface area contributed by atoms with E-state index in [1.165, 1.54) is 31.0 Å². The predicted molar refractivity (Wildman–Crippen MR) is 107 cm³/mol. The van der Waals surface area contributed by atoms with Crippen LogP contribution >= 0.6 is 0 Å². The first kappa shape index (κ1) is 20.5. The maximum atomic E-state index is 12.7. The van der Waals surface area contributed by atoms with E-state index in [1.807, 2.05) is 6.07 Å². The number of carbonyl (C=O) groups is 1. The SMILES string of the molecule is O=C(NCC1CCCC1)c1cnc(Nc2cccc(OC(F)(F)F)c2)cc1C1CC1. The number of hydrogen-bond acceptors (Lipinski definition) is 4. The van der Waals surface area contributed by atoms with E-state index in [0.717, 1.165) is 31.2 Å². The van der Waals surface area contributed by atoms with Gasteiger partial charge in [-0.2, -0.15) is 0 Å². The molecule has 8 heteroatoms. The van der Waals surface area contributed by atoms with Gasteiger partial charge in [0.2, 0.25) is 0 Å². The molecule has 2 aliphatic rings. The Labute approximate surface area is 173 Å². The van der Waals surface area contributed by atoms with Gasteiger partial charge in [-0.1, -0.05) is 18.9 Å². The largest absolute Gasteiger partial charge is 0.573 e. The number of rotatable bonds is 7. The highest BCUT2D eigenvalue weighted by Gasteiger charge is 2.31. The number of halogens is 3. The molecule has 1 heterocycles. The van der Waals surface area contributed by atoms with Crippen LogP contribution in [0.3, 0.4) is 0 Å². The van der Waals surface area contributed by atoms with Crippen LogP contribution in [0, 0.1) is 5.92 Å². The van der Waals surface area contributed by atoms with E-state index in [-0.39, 0.29) is 11.7 Å². The second kappa shape index (κ2) is 8.53.